The van der Waals surface area contributed by atoms with E-state index in [0.29, 0.717) is 37.6 Å². The van der Waals surface area contributed by atoms with Crippen LogP contribution < -0.4 is 5.32 Å². The van der Waals surface area contributed by atoms with Gasteiger partial charge in [0, 0.05) is 38.2 Å². The number of fused-ring (bicyclic) bond motifs is 1. The van der Waals surface area contributed by atoms with Crippen molar-refractivity contribution < 1.29 is 22.8 Å². The number of rotatable bonds is 3. The molecule has 10 heteroatoms. The number of carbonyl (C=O) groups excluding carboxylic acids is 2. The van der Waals surface area contributed by atoms with Gasteiger partial charge in [-0.15, -0.1) is 0 Å². The van der Waals surface area contributed by atoms with Crippen LogP contribution in [0.1, 0.15) is 57.3 Å². The van der Waals surface area contributed by atoms with Crippen molar-refractivity contribution in [3.05, 3.63) is 11.8 Å². The number of aromatic nitrogens is 2. The SMILES string of the molecule is CCN1CC(C(=O)N2CCCC2c2cc3n(n2)[C@@H](C(F)(F)F)C[C@@H](C)N3)CC1=O. The number of alkyl halides is 3. The van der Waals surface area contributed by atoms with Crippen LogP contribution in [0.3, 0.4) is 0 Å². The van der Waals surface area contributed by atoms with Crippen molar-refractivity contribution in [1.82, 2.24) is 19.6 Å². The van der Waals surface area contributed by atoms with Crippen molar-refractivity contribution in [3.8, 4) is 0 Å². The first kappa shape index (κ1) is 20.0. The van der Waals surface area contributed by atoms with Crippen LogP contribution in [-0.4, -0.2) is 63.2 Å². The van der Waals surface area contributed by atoms with Crippen molar-refractivity contribution in [3.63, 3.8) is 0 Å². The van der Waals surface area contributed by atoms with Crippen LogP contribution in [0, 0.1) is 5.92 Å². The van der Waals surface area contributed by atoms with Crippen LogP contribution in [0.2, 0.25) is 0 Å². The molecule has 0 aliphatic carbocycles. The van der Waals surface area contributed by atoms with Gasteiger partial charge in [-0.25, -0.2) is 4.68 Å². The van der Waals surface area contributed by atoms with Gasteiger partial charge in [-0.05, 0) is 33.1 Å². The lowest BCUT2D eigenvalue weighted by molar-refractivity contribution is -0.173. The van der Waals surface area contributed by atoms with Crippen LogP contribution in [-0.2, 0) is 9.59 Å². The molecule has 2 fully saturated rings. The van der Waals surface area contributed by atoms with Crippen LogP contribution in [0.15, 0.2) is 6.07 Å². The summed E-state index contributed by atoms with van der Waals surface area (Å²) >= 11 is 0. The number of hydrogen-bond donors (Lipinski definition) is 1. The van der Waals surface area contributed by atoms with Crippen LogP contribution >= 0.6 is 0 Å². The first-order chi connectivity index (χ1) is 13.7. The fourth-order valence-corrected chi connectivity index (χ4v) is 4.76. The van der Waals surface area contributed by atoms with E-state index >= 15 is 0 Å². The molecule has 160 valence electrons. The summed E-state index contributed by atoms with van der Waals surface area (Å²) in [7, 11) is 0. The first-order valence-corrected chi connectivity index (χ1v) is 10.2. The minimum Gasteiger partial charge on any atom is -0.368 e. The number of amides is 2. The van der Waals surface area contributed by atoms with E-state index < -0.39 is 12.2 Å². The third kappa shape index (κ3) is 3.57. The smallest absolute Gasteiger partial charge is 0.368 e. The number of likely N-dealkylation sites (tertiary alicyclic amines) is 2. The molecular formula is C19H26F3N5O2. The Morgan fingerprint density at radius 2 is 2.14 bits per heavy atom. The molecule has 0 radical (unpaired) electrons. The highest BCUT2D eigenvalue weighted by atomic mass is 19.4. The third-order valence-corrected chi connectivity index (χ3v) is 6.22. The summed E-state index contributed by atoms with van der Waals surface area (Å²) in [5, 5.41) is 7.35. The lowest BCUT2D eigenvalue weighted by Gasteiger charge is -2.31. The van der Waals surface area contributed by atoms with Crippen molar-refractivity contribution in [2.24, 2.45) is 5.92 Å². The van der Waals surface area contributed by atoms with Gasteiger partial charge in [0.2, 0.25) is 11.8 Å². The number of carbonyl (C=O) groups is 2. The third-order valence-electron chi connectivity index (χ3n) is 6.22. The highest BCUT2D eigenvalue weighted by Gasteiger charge is 2.46. The molecule has 2 unspecified atom stereocenters. The van der Waals surface area contributed by atoms with Crippen molar-refractivity contribution in [2.45, 2.75) is 63.8 Å². The van der Waals surface area contributed by atoms with Crippen molar-refractivity contribution in [2.75, 3.05) is 25.0 Å². The molecule has 0 saturated carbocycles. The van der Waals surface area contributed by atoms with Gasteiger partial charge in [-0.2, -0.15) is 18.3 Å². The topological polar surface area (TPSA) is 70.5 Å². The summed E-state index contributed by atoms with van der Waals surface area (Å²) in [6.07, 6.45) is -2.84. The van der Waals surface area contributed by atoms with E-state index in [-0.39, 0.29) is 42.7 Å². The second kappa shape index (κ2) is 7.21. The maximum absolute atomic E-state index is 13.5. The van der Waals surface area contributed by atoms with Gasteiger partial charge >= 0.3 is 6.18 Å². The summed E-state index contributed by atoms with van der Waals surface area (Å²) in [6.45, 7) is 5.12. The normalized spacial score (nSPS) is 29.9. The Hall–Kier alpha value is -2.26. The quantitative estimate of drug-likeness (QED) is 0.827. The molecule has 2 amide bonds. The molecule has 29 heavy (non-hydrogen) atoms. The molecule has 1 aromatic heterocycles. The predicted octanol–water partition coefficient (Wildman–Crippen LogP) is 2.72. The van der Waals surface area contributed by atoms with Crippen LogP contribution in [0.5, 0.6) is 0 Å². The Bertz CT molecular complexity index is 808. The number of anilines is 1. The highest BCUT2D eigenvalue weighted by molar-refractivity contribution is 5.89. The lowest BCUT2D eigenvalue weighted by Crippen LogP contribution is -2.38. The number of hydrogen-bond acceptors (Lipinski definition) is 4. The zero-order chi connectivity index (χ0) is 20.9. The molecule has 4 rings (SSSR count). The Kier molecular flexibility index (Phi) is 4.98. The second-order valence-electron chi connectivity index (χ2n) is 8.26. The summed E-state index contributed by atoms with van der Waals surface area (Å²) in [6, 6.07) is -0.691. The van der Waals surface area contributed by atoms with Gasteiger partial charge in [-0.3, -0.25) is 9.59 Å². The molecule has 4 heterocycles. The van der Waals surface area contributed by atoms with Gasteiger partial charge in [0.1, 0.15) is 5.82 Å². The highest BCUT2D eigenvalue weighted by Crippen LogP contribution is 2.42. The van der Waals surface area contributed by atoms with Crippen molar-refractivity contribution >= 4 is 17.6 Å². The monoisotopic (exact) mass is 413 g/mol. The second-order valence-corrected chi connectivity index (χ2v) is 8.26. The molecule has 0 bridgehead atoms. The molecule has 3 aliphatic heterocycles. The van der Waals surface area contributed by atoms with Gasteiger partial charge in [-0.1, -0.05) is 0 Å². The molecule has 1 aromatic rings. The largest absolute Gasteiger partial charge is 0.410 e. The maximum atomic E-state index is 13.5. The van der Waals surface area contributed by atoms with E-state index in [1.165, 1.54) is 0 Å². The first-order valence-electron chi connectivity index (χ1n) is 10.2. The standard InChI is InChI=1S/C19H26F3N5O2/c1-3-25-10-12(8-17(25)28)18(29)26-6-4-5-14(26)13-9-16-23-11(2)7-15(19(20,21)22)27(16)24-13/h9,11-12,14-15,23H,3-8,10H2,1-2H3/t11-,12?,14?,15-/m1/s1. The van der Waals surface area contributed by atoms with Gasteiger partial charge < -0.3 is 15.1 Å². The predicted molar refractivity (Wildman–Crippen MR) is 99.1 cm³/mol. The lowest BCUT2D eigenvalue weighted by atomic mass is 10.0. The molecule has 3 aliphatic rings. The maximum Gasteiger partial charge on any atom is 0.410 e. The fraction of sp³-hybridized carbons (Fsp3) is 0.737. The number of nitrogens with zero attached hydrogens (tertiary/aromatic N) is 4. The van der Waals surface area contributed by atoms with Gasteiger partial charge in [0.15, 0.2) is 6.04 Å². The zero-order valence-electron chi connectivity index (χ0n) is 16.6. The Balaban J connectivity index is 1.57. The van der Waals surface area contributed by atoms with Gasteiger partial charge in [0.25, 0.3) is 0 Å². The van der Waals surface area contributed by atoms with Crippen LogP contribution in [0.25, 0.3) is 0 Å². The van der Waals surface area contributed by atoms with Crippen molar-refractivity contribution in [1.29, 1.82) is 0 Å². The molecule has 0 aromatic carbocycles. The molecule has 0 spiro atoms. The molecule has 7 nitrogen and oxygen atoms in total. The minimum absolute atomic E-state index is 0.0229. The summed E-state index contributed by atoms with van der Waals surface area (Å²) in [4.78, 5) is 28.5. The number of halogens is 3. The van der Waals surface area contributed by atoms with E-state index in [2.05, 4.69) is 10.4 Å². The molecule has 2 saturated heterocycles. The average Bonchev–Trinajstić information content (AvgIpc) is 3.36. The fourth-order valence-electron chi connectivity index (χ4n) is 4.76. The van der Waals surface area contributed by atoms with E-state index in [9.17, 15) is 22.8 Å². The summed E-state index contributed by atoms with van der Waals surface area (Å²) < 4.78 is 41.5. The van der Waals surface area contributed by atoms with E-state index in [1.54, 1.807) is 22.8 Å². The average molecular weight is 413 g/mol. The van der Waals surface area contributed by atoms with Gasteiger partial charge in [0.05, 0.1) is 17.7 Å². The van der Waals surface area contributed by atoms with E-state index in [0.717, 1.165) is 11.1 Å². The Morgan fingerprint density at radius 3 is 2.79 bits per heavy atom. The zero-order valence-corrected chi connectivity index (χ0v) is 16.6. The van der Waals surface area contributed by atoms with E-state index in [4.69, 9.17) is 0 Å². The van der Waals surface area contributed by atoms with E-state index in [1.807, 2.05) is 6.92 Å². The molecule has 4 atom stereocenters. The Morgan fingerprint density at radius 1 is 1.38 bits per heavy atom. The molecular weight excluding hydrogens is 387 g/mol. The Labute approximate surface area is 167 Å². The summed E-state index contributed by atoms with van der Waals surface area (Å²) in [5.74, 6) is -0.170. The molecule has 1 N–H and O–H groups in total. The summed E-state index contributed by atoms with van der Waals surface area (Å²) in [5.41, 5.74) is 0.485. The number of nitrogens with one attached hydrogen (secondary N) is 1. The van der Waals surface area contributed by atoms with Crippen LogP contribution in [0.4, 0.5) is 19.0 Å². The minimum atomic E-state index is -4.38.